The zero-order chi connectivity index (χ0) is 32.8. The Kier molecular flexibility index (Phi) is 8.90. The maximum atomic E-state index is 14.8. The Labute approximate surface area is 273 Å². The van der Waals surface area contributed by atoms with Gasteiger partial charge >= 0.3 is 6.09 Å². The van der Waals surface area contributed by atoms with E-state index in [1.54, 1.807) is 62.1 Å². The molecular formula is C32H36Cl2N4O6S. The number of rotatable bonds is 6. The van der Waals surface area contributed by atoms with Crippen LogP contribution < -0.4 is 5.32 Å². The zero-order valence-electron chi connectivity index (χ0n) is 25.4. The van der Waals surface area contributed by atoms with Crippen LogP contribution in [0.4, 0.5) is 4.79 Å². The molecule has 2 aromatic carbocycles. The summed E-state index contributed by atoms with van der Waals surface area (Å²) in [4.78, 5) is 44.3. The smallest absolute Gasteiger partial charge is 0.410 e. The molecule has 0 bridgehead atoms. The largest absolute Gasteiger partial charge is 0.444 e. The molecule has 2 aliphatic heterocycles. The molecule has 45 heavy (non-hydrogen) atoms. The molecule has 5 rings (SSSR count). The Morgan fingerprint density at radius 2 is 1.62 bits per heavy atom. The summed E-state index contributed by atoms with van der Waals surface area (Å²) in [5.74, 6) is -0.996. The Morgan fingerprint density at radius 3 is 2.18 bits per heavy atom. The predicted octanol–water partition coefficient (Wildman–Crippen LogP) is 4.88. The lowest BCUT2D eigenvalue weighted by molar-refractivity contribution is -0.145. The summed E-state index contributed by atoms with van der Waals surface area (Å²) in [6.07, 6.45) is 0.727. The number of hydrogen-bond acceptors (Lipinski definition) is 7. The number of nitrogens with one attached hydrogen (secondary N) is 1. The van der Waals surface area contributed by atoms with Gasteiger partial charge < -0.3 is 19.9 Å². The Morgan fingerprint density at radius 1 is 1.00 bits per heavy atom. The SMILES string of the molecule is CC(C)(C)OC(=O)N1CCC(C(=O)N2CC(S(=O)(=O)c3ccccc3Cl)CC2C(=O)NC2(C#N)CC2)(c2ccc(Cl)cc2)CC1. The number of halogens is 2. The molecule has 2 aromatic rings. The molecule has 13 heteroatoms. The van der Waals surface area contributed by atoms with Crippen molar-refractivity contribution in [2.24, 2.45) is 0 Å². The van der Waals surface area contributed by atoms with E-state index in [9.17, 15) is 28.1 Å². The predicted molar refractivity (Wildman–Crippen MR) is 168 cm³/mol. The molecule has 0 radical (unpaired) electrons. The number of ether oxygens (including phenoxy) is 1. The van der Waals surface area contributed by atoms with Gasteiger partial charge in [-0.2, -0.15) is 5.26 Å². The van der Waals surface area contributed by atoms with Crippen LogP contribution >= 0.6 is 23.2 Å². The number of nitrogens with zero attached hydrogens (tertiary/aromatic N) is 3. The second-order valence-electron chi connectivity index (χ2n) is 13.0. The second kappa shape index (κ2) is 12.1. The molecule has 10 nitrogen and oxygen atoms in total. The third-order valence-electron chi connectivity index (χ3n) is 8.81. The van der Waals surface area contributed by atoms with Crippen molar-refractivity contribution in [3.63, 3.8) is 0 Å². The zero-order valence-corrected chi connectivity index (χ0v) is 27.7. The molecule has 2 unspecified atom stereocenters. The number of piperidine rings is 1. The lowest BCUT2D eigenvalue weighted by Gasteiger charge is -2.44. The first-order valence-electron chi connectivity index (χ1n) is 14.9. The van der Waals surface area contributed by atoms with Gasteiger partial charge in [-0.25, -0.2) is 13.2 Å². The second-order valence-corrected chi connectivity index (χ2v) is 16.1. The van der Waals surface area contributed by atoms with E-state index in [-0.39, 0.29) is 48.8 Å². The molecule has 3 fully saturated rings. The van der Waals surface area contributed by atoms with Crippen molar-refractivity contribution in [1.82, 2.24) is 15.1 Å². The summed E-state index contributed by atoms with van der Waals surface area (Å²) < 4.78 is 33.3. The maximum Gasteiger partial charge on any atom is 0.410 e. The first-order chi connectivity index (χ1) is 21.1. The van der Waals surface area contributed by atoms with Crippen LogP contribution in [0.2, 0.25) is 10.0 Å². The van der Waals surface area contributed by atoms with Gasteiger partial charge in [0.05, 0.1) is 26.7 Å². The minimum Gasteiger partial charge on any atom is -0.444 e. The van der Waals surface area contributed by atoms with E-state index in [0.717, 1.165) is 0 Å². The Balaban J connectivity index is 1.51. The van der Waals surface area contributed by atoms with Crippen molar-refractivity contribution < 1.29 is 27.5 Å². The number of carbonyl (C=O) groups is 3. The summed E-state index contributed by atoms with van der Waals surface area (Å²) in [5.41, 5.74) is -2.25. The molecule has 2 heterocycles. The molecule has 0 spiro atoms. The van der Waals surface area contributed by atoms with Crippen molar-refractivity contribution in [2.45, 2.75) is 85.6 Å². The molecule has 2 atom stereocenters. The normalized spacial score (nSPS) is 22.3. The first kappa shape index (κ1) is 33.0. The Hall–Kier alpha value is -3.33. The van der Waals surface area contributed by atoms with Crippen molar-refractivity contribution in [1.29, 1.82) is 5.26 Å². The summed E-state index contributed by atoms with van der Waals surface area (Å²) in [5, 5.41) is 11.8. The van der Waals surface area contributed by atoms with Crippen LogP contribution in [0.15, 0.2) is 53.4 Å². The van der Waals surface area contributed by atoms with E-state index in [1.165, 1.54) is 17.0 Å². The van der Waals surface area contributed by atoms with E-state index < -0.39 is 55.6 Å². The average molecular weight is 676 g/mol. The van der Waals surface area contributed by atoms with Gasteiger partial charge in [0, 0.05) is 24.7 Å². The molecule has 240 valence electrons. The lowest BCUT2D eigenvalue weighted by Crippen LogP contribution is -2.58. The monoisotopic (exact) mass is 674 g/mol. The highest BCUT2D eigenvalue weighted by atomic mass is 35.5. The summed E-state index contributed by atoms with van der Waals surface area (Å²) in [6, 6.07) is 13.9. The molecule has 2 saturated heterocycles. The third-order valence-corrected chi connectivity index (χ3v) is 11.7. The van der Waals surface area contributed by atoms with Crippen molar-refractivity contribution in [3.05, 3.63) is 64.1 Å². The molecule has 1 N–H and O–H groups in total. The first-order valence-corrected chi connectivity index (χ1v) is 17.2. The van der Waals surface area contributed by atoms with Crippen LogP contribution in [0.5, 0.6) is 0 Å². The van der Waals surface area contributed by atoms with E-state index in [1.807, 2.05) is 0 Å². The van der Waals surface area contributed by atoms with Crippen LogP contribution in [0.25, 0.3) is 0 Å². The van der Waals surface area contributed by atoms with Crippen LogP contribution in [0.1, 0.15) is 58.4 Å². The standard InChI is InChI=1S/C32H36Cl2N4O6S/c1-30(2,3)44-29(41)37-16-14-32(15-17-37,21-8-10-22(33)11-9-21)28(40)38-19-23(45(42,43)26-7-5-4-6-24(26)34)18-25(38)27(39)36-31(20-35)12-13-31/h4-11,23,25H,12-19H2,1-3H3,(H,36,39). The fourth-order valence-corrected chi connectivity index (χ4v) is 8.47. The number of benzene rings is 2. The third kappa shape index (κ3) is 6.64. The minimum absolute atomic E-state index is 0.0526. The topological polar surface area (TPSA) is 137 Å². The molecule has 3 amide bonds. The van der Waals surface area contributed by atoms with Gasteiger partial charge in [-0.1, -0.05) is 47.5 Å². The minimum atomic E-state index is -4.05. The van der Waals surface area contributed by atoms with Crippen molar-refractivity contribution in [2.75, 3.05) is 19.6 Å². The molecule has 0 aromatic heterocycles. The van der Waals surface area contributed by atoms with Crippen LogP contribution in [-0.4, -0.2) is 78.2 Å². The molecule has 1 aliphatic carbocycles. The highest BCUT2D eigenvalue weighted by molar-refractivity contribution is 7.92. The van der Waals surface area contributed by atoms with Gasteiger partial charge in [0.2, 0.25) is 11.8 Å². The molecular weight excluding hydrogens is 639 g/mol. The fraction of sp³-hybridized carbons (Fsp3) is 0.500. The summed E-state index contributed by atoms with van der Waals surface area (Å²) in [7, 11) is -4.05. The number of nitriles is 1. The number of amides is 3. The van der Waals surface area contributed by atoms with E-state index in [4.69, 9.17) is 27.9 Å². The lowest BCUT2D eigenvalue weighted by atomic mass is 9.71. The highest BCUT2D eigenvalue weighted by Crippen LogP contribution is 2.42. The van der Waals surface area contributed by atoms with Gasteiger partial charge in [0.15, 0.2) is 9.84 Å². The van der Waals surface area contributed by atoms with Gasteiger partial charge in [0.25, 0.3) is 0 Å². The maximum absolute atomic E-state index is 14.8. The van der Waals surface area contributed by atoms with E-state index >= 15 is 0 Å². The highest BCUT2D eigenvalue weighted by Gasteiger charge is 2.54. The Bertz CT molecular complexity index is 1640. The van der Waals surface area contributed by atoms with Crippen molar-refractivity contribution >= 4 is 50.9 Å². The molecule has 1 saturated carbocycles. The number of carbonyl (C=O) groups excluding carboxylic acids is 3. The quantitative estimate of drug-likeness (QED) is 0.461. The number of likely N-dealkylation sites (tertiary alicyclic amines) is 2. The summed E-state index contributed by atoms with van der Waals surface area (Å²) in [6.45, 7) is 5.50. The summed E-state index contributed by atoms with van der Waals surface area (Å²) >= 11 is 12.5. The van der Waals surface area contributed by atoms with Gasteiger partial charge in [-0.05, 0) is 82.7 Å². The van der Waals surface area contributed by atoms with Gasteiger partial charge in [-0.15, -0.1) is 0 Å². The number of hydrogen-bond donors (Lipinski definition) is 1. The average Bonchev–Trinajstić information content (AvgIpc) is 3.61. The van der Waals surface area contributed by atoms with Gasteiger partial charge in [0.1, 0.15) is 17.2 Å². The van der Waals surface area contributed by atoms with Crippen LogP contribution in [0, 0.1) is 11.3 Å². The number of sulfone groups is 1. The van der Waals surface area contributed by atoms with E-state index in [2.05, 4.69) is 11.4 Å². The molecule has 3 aliphatic rings. The van der Waals surface area contributed by atoms with Gasteiger partial charge in [-0.3, -0.25) is 9.59 Å². The van der Waals surface area contributed by atoms with Crippen LogP contribution in [0.3, 0.4) is 0 Å². The van der Waals surface area contributed by atoms with E-state index in [0.29, 0.717) is 23.4 Å². The fourth-order valence-electron chi connectivity index (χ4n) is 6.13. The van der Waals surface area contributed by atoms with Crippen molar-refractivity contribution in [3.8, 4) is 6.07 Å². The van der Waals surface area contributed by atoms with Crippen LogP contribution in [-0.2, 0) is 29.6 Å².